The van der Waals surface area contributed by atoms with Gasteiger partial charge in [0, 0.05) is 49.7 Å². The number of nitrogens with one attached hydrogen (secondary N) is 2. The minimum Gasteiger partial charge on any atom is -0.355 e. The summed E-state index contributed by atoms with van der Waals surface area (Å²) in [7, 11) is 0. The molecular formula is C27H28F2N6O3. The molecule has 2 atom stereocenters. The van der Waals surface area contributed by atoms with Crippen LogP contribution in [0.15, 0.2) is 47.2 Å². The summed E-state index contributed by atoms with van der Waals surface area (Å²) in [6.07, 6.45) is 7.92. The summed E-state index contributed by atoms with van der Waals surface area (Å²) in [6, 6.07) is 6.03. The highest BCUT2D eigenvalue weighted by atomic mass is 19.2. The summed E-state index contributed by atoms with van der Waals surface area (Å²) in [5, 5.41) is 9.97. The Morgan fingerprint density at radius 1 is 1.08 bits per heavy atom. The molecule has 2 amide bonds. The second kappa shape index (κ2) is 9.86. The number of carbonyl (C=O) groups excluding carboxylic acids is 2. The van der Waals surface area contributed by atoms with Gasteiger partial charge < -0.3 is 20.1 Å². The minimum atomic E-state index is -1.02. The monoisotopic (exact) mass is 522 g/mol. The summed E-state index contributed by atoms with van der Waals surface area (Å²) < 4.78 is 32.1. The van der Waals surface area contributed by atoms with Crippen molar-refractivity contribution in [1.29, 1.82) is 0 Å². The summed E-state index contributed by atoms with van der Waals surface area (Å²) in [5.41, 5.74) is -0.295. The van der Waals surface area contributed by atoms with Gasteiger partial charge in [0.25, 0.3) is 5.91 Å². The molecule has 3 aliphatic rings. The van der Waals surface area contributed by atoms with Gasteiger partial charge in [0.2, 0.25) is 5.91 Å². The van der Waals surface area contributed by atoms with Gasteiger partial charge in [0.05, 0.1) is 11.5 Å². The van der Waals surface area contributed by atoms with Crippen molar-refractivity contribution in [3.05, 3.63) is 65.9 Å². The molecule has 1 aliphatic heterocycles. The van der Waals surface area contributed by atoms with E-state index in [0.717, 1.165) is 38.1 Å². The molecule has 0 spiro atoms. The van der Waals surface area contributed by atoms with E-state index < -0.39 is 35.0 Å². The Morgan fingerprint density at radius 2 is 1.87 bits per heavy atom. The van der Waals surface area contributed by atoms with Crippen LogP contribution in [0.1, 0.15) is 48.4 Å². The number of hydrogen-bond donors (Lipinski definition) is 2. The fourth-order valence-electron chi connectivity index (χ4n) is 5.10. The average molecular weight is 523 g/mol. The number of likely N-dealkylation sites (tertiary alicyclic amines) is 1. The Balaban J connectivity index is 1.17. The molecule has 3 heterocycles. The Kier molecular flexibility index (Phi) is 6.38. The van der Waals surface area contributed by atoms with Crippen molar-refractivity contribution >= 4 is 11.8 Å². The van der Waals surface area contributed by atoms with Crippen LogP contribution in [-0.4, -0.2) is 57.5 Å². The number of benzene rings is 1. The number of aromatic nitrogens is 3. The van der Waals surface area contributed by atoms with Gasteiger partial charge in [-0.2, -0.15) is 0 Å². The highest BCUT2D eigenvalue weighted by molar-refractivity contribution is 5.94. The molecule has 1 aromatic carbocycles. The van der Waals surface area contributed by atoms with E-state index in [9.17, 15) is 18.4 Å². The number of piperidine rings is 1. The summed E-state index contributed by atoms with van der Waals surface area (Å²) >= 11 is 0. The van der Waals surface area contributed by atoms with E-state index in [1.165, 1.54) is 25.0 Å². The van der Waals surface area contributed by atoms with Crippen molar-refractivity contribution in [2.75, 3.05) is 19.6 Å². The van der Waals surface area contributed by atoms with Gasteiger partial charge in [0.1, 0.15) is 0 Å². The molecule has 2 aromatic heterocycles. The summed E-state index contributed by atoms with van der Waals surface area (Å²) in [5.74, 6) is -1.67. The van der Waals surface area contributed by atoms with Crippen LogP contribution in [0.3, 0.4) is 0 Å². The molecule has 0 bridgehead atoms. The third-order valence-electron chi connectivity index (χ3n) is 7.62. The highest BCUT2D eigenvalue weighted by Crippen LogP contribution is 2.44. The molecule has 11 heteroatoms. The number of carbonyl (C=O) groups is 2. The lowest BCUT2D eigenvalue weighted by atomic mass is 9.90. The zero-order chi connectivity index (χ0) is 26.3. The molecule has 0 radical (unpaired) electrons. The second-order valence-corrected chi connectivity index (χ2v) is 10.5. The molecule has 2 aliphatic carbocycles. The Labute approximate surface area is 218 Å². The lowest BCUT2D eigenvalue weighted by Crippen LogP contribution is -2.57. The SMILES string of the molecule is O=C(N[C@H]1CCN(CC2CC2)C[C@@H]1C(=O)NC1(c2ncccn2)CC1)c1cc(-c2ccc(F)c(F)c2)on1. The van der Waals surface area contributed by atoms with Crippen molar-refractivity contribution in [2.24, 2.45) is 11.8 Å². The van der Waals surface area contributed by atoms with E-state index in [1.54, 1.807) is 18.5 Å². The van der Waals surface area contributed by atoms with Gasteiger partial charge >= 0.3 is 0 Å². The van der Waals surface area contributed by atoms with E-state index >= 15 is 0 Å². The minimum absolute atomic E-state index is 0.000602. The van der Waals surface area contributed by atoms with Gasteiger partial charge in [-0.15, -0.1) is 0 Å². The van der Waals surface area contributed by atoms with Crippen molar-refractivity contribution in [3.8, 4) is 11.3 Å². The van der Waals surface area contributed by atoms with E-state index in [0.29, 0.717) is 24.7 Å². The molecule has 198 valence electrons. The first-order chi connectivity index (χ1) is 18.4. The molecule has 3 aromatic rings. The van der Waals surface area contributed by atoms with Crippen LogP contribution in [0.2, 0.25) is 0 Å². The lowest BCUT2D eigenvalue weighted by Gasteiger charge is -2.38. The number of rotatable bonds is 8. The molecule has 3 fully saturated rings. The third kappa shape index (κ3) is 5.15. The first kappa shape index (κ1) is 24.6. The van der Waals surface area contributed by atoms with Gasteiger partial charge in [-0.05, 0) is 62.3 Å². The second-order valence-electron chi connectivity index (χ2n) is 10.5. The maximum absolute atomic E-state index is 13.6. The molecule has 2 saturated carbocycles. The van der Waals surface area contributed by atoms with Crippen LogP contribution in [-0.2, 0) is 10.3 Å². The molecule has 2 N–H and O–H groups in total. The summed E-state index contributed by atoms with van der Waals surface area (Å²) in [6.45, 7) is 2.27. The third-order valence-corrected chi connectivity index (χ3v) is 7.62. The molecule has 6 rings (SSSR count). The van der Waals surface area contributed by atoms with Gasteiger partial charge in [-0.3, -0.25) is 9.59 Å². The number of halogens is 2. The standard InChI is InChI=1S/C27H28F2N6O3/c28-19-5-4-17(12-20(19)29)23-13-22(34-38-23)25(37)32-21-6-11-35(14-16-2-3-16)15-18(21)24(36)33-27(7-8-27)26-30-9-1-10-31-26/h1,4-5,9-10,12-13,16,18,21H,2-3,6-8,11,14-15H2,(H,32,37)(H,33,36)/t18-,21-/m0/s1. The van der Waals surface area contributed by atoms with E-state index in [2.05, 4.69) is 30.7 Å². The van der Waals surface area contributed by atoms with Gasteiger partial charge in [0.15, 0.2) is 28.9 Å². The lowest BCUT2D eigenvalue weighted by molar-refractivity contribution is -0.128. The quantitative estimate of drug-likeness (QED) is 0.468. The maximum atomic E-state index is 13.6. The predicted molar refractivity (Wildman–Crippen MR) is 131 cm³/mol. The smallest absolute Gasteiger partial charge is 0.273 e. The van der Waals surface area contributed by atoms with Crippen LogP contribution in [0, 0.1) is 23.5 Å². The van der Waals surface area contributed by atoms with E-state index in [4.69, 9.17) is 4.52 Å². The largest absolute Gasteiger partial charge is 0.355 e. The van der Waals surface area contributed by atoms with Gasteiger partial charge in [-0.25, -0.2) is 18.7 Å². The van der Waals surface area contributed by atoms with Crippen LogP contribution in [0.4, 0.5) is 8.78 Å². The van der Waals surface area contributed by atoms with Crippen LogP contribution < -0.4 is 10.6 Å². The zero-order valence-electron chi connectivity index (χ0n) is 20.7. The Morgan fingerprint density at radius 3 is 2.58 bits per heavy atom. The number of hydrogen-bond acceptors (Lipinski definition) is 7. The first-order valence-electron chi connectivity index (χ1n) is 12.9. The van der Waals surface area contributed by atoms with Crippen molar-refractivity contribution in [3.63, 3.8) is 0 Å². The van der Waals surface area contributed by atoms with Crippen LogP contribution >= 0.6 is 0 Å². The van der Waals surface area contributed by atoms with Crippen molar-refractivity contribution < 1.29 is 22.9 Å². The van der Waals surface area contributed by atoms with E-state index in [1.807, 2.05) is 0 Å². The van der Waals surface area contributed by atoms with Crippen molar-refractivity contribution in [1.82, 2.24) is 30.7 Å². The maximum Gasteiger partial charge on any atom is 0.273 e. The Bertz CT molecular complexity index is 1340. The molecule has 1 saturated heterocycles. The zero-order valence-corrected chi connectivity index (χ0v) is 20.7. The summed E-state index contributed by atoms with van der Waals surface area (Å²) in [4.78, 5) is 37.7. The highest BCUT2D eigenvalue weighted by Gasteiger charge is 2.50. The van der Waals surface area contributed by atoms with Crippen LogP contribution in [0.5, 0.6) is 0 Å². The van der Waals surface area contributed by atoms with Gasteiger partial charge in [-0.1, -0.05) is 5.16 Å². The fraction of sp³-hybridized carbons (Fsp3) is 0.444. The number of nitrogens with zero attached hydrogens (tertiary/aromatic N) is 4. The Hall–Kier alpha value is -3.73. The van der Waals surface area contributed by atoms with Crippen LogP contribution in [0.25, 0.3) is 11.3 Å². The normalized spacial score (nSPS) is 22.6. The number of amides is 2. The first-order valence-corrected chi connectivity index (χ1v) is 12.9. The topological polar surface area (TPSA) is 113 Å². The molecule has 9 nitrogen and oxygen atoms in total. The fourth-order valence-corrected chi connectivity index (χ4v) is 5.10. The average Bonchev–Trinajstić information content (AvgIpc) is 3.85. The molecule has 0 unspecified atom stereocenters. The molecular weight excluding hydrogens is 494 g/mol. The molecule has 38 heavy (non-hydrogen) atoms. The predicted octanol–water partition coefficient (Wildman–Crippen LogP) is 3.05. The van der Waals surface area contributed by atoms with Crippen molar-refractivity contribution in [2.45, 2.75) is 43.7 Å². The van der Waals surface area contributed by atoms with E-state index in [-0.39, 0.29) is 22.9 Å².